The zero-order valence-electron chi connectivity index (χ0n) is 24.8. The van der Waals surface area contributed by atoms with E-state index in [1.54, 1.807) is 6.20 Å². The molecule has 7 heteroatoms. The maximum absolute atomic E-state index is 6.33. The minimum atomic E-state index is 0.454. The van der Waals surface area contributed by atoms with Crippen LogP contribution in [-0.2, 0) is 6.54 Å². The predicted octanol–water partition coefficient (Wildman–Crippen LogP) is 6.72. The Kier molecular flexibility index (Phi) is 8.31. The van der Waals surface area contributed by atoms with Crippen LogP contribution in [0.1, 0.15) is 45.1 Å². The van der Waals surface area contributed by atoms with Crippen molar-refractivity contribution in [2.45, 2.75) is 46.1 Å². The van der Waals surface area contributed by atoms with E-state index < -0.39 is 0 Å². The molecular weight excluding hydrogens is 518 g/mol. The van der Waals surface area contributed by atoms with Crippen molar-refractivity contribution in [3.63, 3.8) is 0 Å². The summed E-state index contributed by atoms with van der Waals surface area (Å²) >= 11 is 0. The first kappa shape index (κ1) is 28.1. The third kappa shape index (κ3) is 5.67. The first-order chi connectivity index (χ1) is 20.7. The number of nitrogen functional groups attached to an aromatic ring is 1. The van der Waals surface area contributed by atoms with Gasteiger partial charge in [0, 0.05) is 30.5 Å². The molecule has 2 aliphatic rings. The van der Waals surface area contributed by atoms with Crippen LogP contribution < -0.4 is 11.1 Å². The van der Waals surface area contributed by atoms with Crippen LogP contribution in [0.15, 0.2) is 85.1 Å². The summed E-state index contributed by atoms with van der Waals surface area (Å²) in [4.78, 5) is 17.0. The van der Waals surface area contributed by atoms with Crippen LogP contribution in [0.3, 0.4) is 0 Å². The van der Waals surface area contributed by atoms with Gasteiger partial charge in [-0.3, -0.25) is 9.47 Å². The SMILES string of the molecule is CC.Nc1ncccc1-c1nc2ccc(-c3ccccc3)nc2n1-c1ccc(CN2CCC3(CCCNC3)CC2)cc1. The fourth-order valence-corrected chi connectivity index (χ4v) is 6.41. The molecule has 0 amide bonds. The number of hydrogen-bond acceptors (Lipinski definition) is 6. The van der Waals surface area contributed by atoms with Crippen LogP contribution in [-0.4, -0.2) is 50.6 Å². The molecule has 5 heterocycles. The third-order valence-corrected chi connectivity index (χ3v) is 8.73. The van der Waals surface area contributed by atoms with Gasteiger partial charge in [-0.2, -0.15) is 0 Å². The van der Waals surface area contributed by atoms with Crippen molar-refractivity contribution >= 4 is 17.0 Å². The van der Waals surface area contributed by atoms with Gasteiger partial charge in [-0.25, -0.2) is 15.0 Å². The number of likely N-dealkylation sites (tertiary alicyclic amines) is 1. The maximum Gasteiger partial charge on any atom is 0.165 e. The molecule has 0 atom stereocenters. The van der Waals surface area contributed by atoms with E-state index in [4.69, 9.17) is 15.7 Å². The number of imidazole rings is 1. The van der Waals surface area contributed by atoms with Crippen LogP contribution in [0.4, 0.5) is 5.82 Å². The molecule has 0 aliphatic carbocycles. The minimum Gasteiger partial charge on any atom is -0.383 e. The number of hydrogen-bond donors (Lipinski definition) is 2. The van der Waals surface area contributed by atoms with Gasteiger partial charge in [0.05, 0.1) is 11.3 Å². The van der Waals surface area contributed by atoms with Crippen LogP contribution >= 0.6 is 0 Å². The average Bonchev–Trinajstić information content (AvgIpc) is 3.43. The lowest BCUT2D eigenvalue weighted by atomic mass is 9.73. The second-order valence-corrected chi connectivity index (χ2v) is 11.3. The van der Waals surface area contributed by atoms with E-state index >= 15 is 0 Å². The Bertz CT molecular complexity index is 1610. The summed E-state index contributed by atoms with van der Waals surface area (Å²) < 4.78 is 2.11. The minimum absolute atomic E-state index is 0.454. The highest BCUT2D eigenvalue weighted by atomic mass is 15.1. The Morgan fingerprint density at radius 3 is 2.36 bits per heavy atom. The van der Waals surface area contributed by atoms with Gasteiger partial charge in [0.1, 0.15) is 11.3 Å². The molecular formula is C35H41N7. The monoisotopic (exact) mass is 559 g/mol. The largest absolute Gasteiger partial charge is 0.383 e. The first-order valence-electron chi connectivity index (χ1n) is 15.4. The maximum atomic E-state index is 6.33. The number of anilines is 1. The normalized spacial score (nSPS) is 16.7. The summed E-state index contributed by atoms with van der Waals surface area (Å²) in [7, 11) is 0. The van der Waals surface area contributed by atoms with Crippen LogP contribution in [0.25, 0.3) is 39.5 Å². The highest BCUT2D eigenvalue weighted by Crippen LogP contribution is 2.38. The Hall–Kier alpha value is -4.07. The number of nitrogens with zero attached hydrogens (tertiary/aromatic N) is 5. The summed E-state index contributed by atoms with van der Waals surface area (Å²) in [5, 5.41) is 3.63. The number of rotatable bonds is 5. The Balaban J connectivity index is 0.00000155. The highest BCUT2D eigenvalue weighted by molar-refractivity contribution is 5.84. The van der Waals surface area contributed by atoms with Crippen molar-refractivity contribution < 1.29 is 0 Å². The van der Waals surface area contributed by atoms with Gasteiger partial charge < -0.3 is 11.1 Å². The molecule has 2 aromatic carbocycles. The molecule has 0 radical (unpaired) electrons. The van der Waals surface area contributed by atoms with E-state index in [1.165, 1.54) is 57.4 Å². The Morgan fingerprint density at radius 1 is 0.857 bits per heavy atom. The fourth-order valence-electron chi connectivity index (χ4n) is 6.41. The molecule has 0 saturated carbocycles. The van der Waals surface area contributed by atoms with E-state index in [2.05, 4.69) is 56.2 Å². The van der Waals surface area contributed by atoms with Crippen molar-refractivity contribution in [2.75, 3.05) is 31.9 Å². The third-order valence-electron chi connectivity index (χ3n) is 8.73. The summed E-state index contributed by atoms with van der Waals surface area (Å²) in [6.45, 7) is 9.70. The van der Waals surface area contributed by atoms with E-state index in [0.717, 1.165) is 46.0 Å². The number of piperidine rings is 2. The summed E-state index contributed by atoms with van der Waals surface area (Å²) in [5.41, 5.74) is 13.6. The van der Waals surface area contributed by atoms with Gasteiger partial charge in [-0.15, -0.1) is 0 Å². The van der Waals surface area contributed by atoms with Crippen molar-refractivity contribution in [3.05, 3.63) is 90.6 Å². The summed E-state index contributed by atoms with van der Waals surface area (Å²) in [6, 6.07) is 27.0. The number of benzene rings is 2. The van der Waals surface area contributed by atoms with Crippen molar-refractivity contribution in [3.8, 4) is 28.3 Å². The van der Waals surface area contributed by atoms with E-state index in [9.17, 15) is 0 Å². The second kappa shape index (κ2) is 12.4. The molecule has 2 saturated heterocycles. The van der Waals surface area contributed by atoms with E-state index in [1.807, 2.05) is 56.3 Å². The molecule has 7 nitrogen and oxygen atoms in total. The average molecular weight is 560 g/mol. The summed E-state index contributed by atoms with van der Waals surface area (Å²) in [5.74, 6) is 1.20. The fraction of sp³-hybridized carbons (Fsp3) is 0.343. The predicted molar refractivity (Wildman–Crippen MR) is 172 cm³/mol. The number of nitrogens with two attached hydrogens (primary N) is 1. The molecule has 216 valence electrons. The van der Waals surface area contributed by atoms with Crippen molar-refractivity contribution in [1.29, 1.82) is 0 Å². The lowest BCUT2D eigenvalue weighted by Gasteiger charge is -2.44. The molecule has 3 aromatic heterocycles. The molecule has 2 fully saturated rings. The van der Waals surface area contributed by atoms with Gasteiger partial charge >= 0.3 is 0 Å². The second-order valence-electron chi connectivity index (χ2n) is 11.3. The van der Waals surface area contributed by atoms with Crippen LogP contribution in [0, 0.1) is 5.41 Å². The molecule has 2 aliphatic heterocycles. The molecule has 0 unspecified atom stereocenters. The highest BCUT2D eigenvalue weighted by Gasteiger charge is 2.35. The van der Waals surface area contributed by atoms with Gasteiger partial charge in [-0.1, -0.05) is 56.3 Å². The number of nitrogens with one attached hydrogen (secondary N) is 1. The molecule has 3 N–H and O–H groups in total. The number of pyridine rings is 2. The van der Waals surface area contributed by atoms with Gasteiger partial charge in [0.25, 0.3) is 0 Å². The zero-order chi connectivity index (χ0) is 28.9. The summed E-state index contributed by atoms with van der Waals surface area (Å²) in [6.07, 6.45) is 7.00. The molecule has 1 spiro atoms. The Morgan fingerprint density at radius 2 is 1.64 bits per heavy atom. The number of aromatic nitrogens is 4. The van der Waals surface area contributed by atoms with E-state index in [-0.39, 0.29) is 0 Å². The number of fused-ring (bicyclic) bond motifs is 1. The van der Waals surface area contributed by atoms with Crippen LogP contribution in [0.2, 0.25) is 0 Å². The van der Waals surface area contributed by atoms with Crippen LogP contribution in [0.5, 0.6) is 0 Å². The lowest BCUT2D eigenvalue weighted by Crippen LogP contribution is -2.47. The first-order valence-corrected chi connectivity index (χ1v) is 15.4. The standard InChI is InChI=1S/C33H35N7.C2H6/c34-30-27(8-4-19-36-30)31-38-29-14-13-28(25-6-2-1-3-7-25)37-32(29)40(31)26-11-9-24(10-12-26)22-39-20-16-33(17-21-39)15-5-18-35-23-33;1-2/h1-4,6-14,19,35H,5,15-18,20-23H2,(H2,34,36);1-2H3. The van der Waals surface area contributed by atoms with Gasteiger partial charge in [0.15, 0.2) is 11.5 Å². The van der Waals surface area contributed by atoms with E-state index in [0.29, 0.717) is 11.2 Å². The van der Waals surface area contributed by atoms with Gasteiger partial charge in [-0.05, 0) is 92.7 Å². The van der Waals surface area contributed by atoms with Crippen molar-refractivity contribution in [2.24, 2.45) is 5.41 Å². The topological polar surface area (TPSA) is 84.9 Å². The molecule has 7 rings (SSSR count). The van der Waals surface area contributed by atoms with Gasteiger partial charge in [0.2, 0.25) is 0 Å². The van der Waals surface area contributed by atoms with Crippen molar-refractivity contribution in [1.82, 2.24) is 29.7 Å². The lowest BCUT2D eigenvalue weighted by molar-refractivity contribution is 0.0750. The zero-order valence-corrected chi connectivity index (χ0v) is 24.8. The molecule has 42 heavy (non-hydrogen) atoms. The Labute approximate surface area is 248 Å². The molecule has 5 aromatic rings. The quantitative estimate of drug-likeness (QED) is 0.249. The smallest absolute Gasteiger partial charge is 0.165 e. The molecule has 0 bridgehead atoms.